The molecule has 0 aromatic heterocycles. The second kappa shape index (κ2) is 5.92. The first-order valence-corrected chi connectivity index (χ1v) is 7.13. The summed E-state index contributed by atoms with van der Waals surface area (Å²) >= 11 is 0. The SMILES string of the molecule is CCc1cccc(-c2cc(CC)cc(CC)c2O)c1. The van der Waals surface area contributed by atoms with Crippen molar-refractivity contribution < 1.29 is 5.11 Å². The summed E-state index contributed by atoms with van der Waals surface area (Å²) in [7, 11) is 0. The molecule has 0 fully saturated rings. The number of phenolic OH excluding ortho intramolecular Hbond substituents is 1. The van der Waals surface area contributed by atoms with Gasteiger partial charge in [0, 0.05) is 5.56 Å². The summed E-state index contributed by atoms with van der Waals surface area (Å²) in [4.78, 5) is 0. The van der Waals surface area contributed by atoms with E-state index in [9.17, 15) is 5.11 Å². The Morgan fingerprint density at radius 3 is 2.21 bits per heavy atom. The maximum atomic E-state index is 10.4. The molecule has 0 bridgehead atoms. The minimum absolute atomic E-state index is 0.438. The summed E-state index contributed by atoms with van der Waals surface area (Å²) in [6, 6.07) is 12.7. The van der Waals surface area contributed by atoms with E-state index in [1.165, 1.54) is 11.1 Å². The van der Waals surface area contributed by atoms with Crippen molar-refractivity contribution in [3.05, 3.63) is 53.1 Å². The van der Waals surface area contributed by atoms with Crippen LogP contribution in [0.4, 0.5) is 0 Å². The fraction of sp³-hybridized carbons (Fsp3) is 0.333. The molecule has 1 heteroatoms. The predicted octanol–water partition coefficient (Wildman–Crippen LogP) is 4.75. The zero-order valence-corrected chi connectivity index (χ0v) is 12.0. The lowest BCUT2D eigenvalue weighted by atomic mass is 9.95. The van der Waals surface area contributed by atoms with Crippen molar-refractivity contribution in [2.24, 2.45) is 0 Å². The molecule has 0 aliphatic carbocycles. The van der Waals surface area contributed by atoms with E-state index in [1.54, 1.807) is 0 Å². The Balaban J connectivity index is 2.59. The fourth-order valence-corrected chi connectivity index (χ4v) is 2.41. The van der Waals surface area contributed by atoms with Gasteiger partial charge in [-0.15, -0.1) is 0 Å². The van der Waals surface area contributed by atoms with E-state index >= 15 is 0 Å². The Hall–Kier alpha value is -1.76. The number of rotatable bonds is 4. The first kappa shape index (κ1) is 13.7. The van der Waals surface area contributed by atoms with Crippen LogP contribution in [0.1, 0.15) is 37.5 Å². The molecule has 1 nitrogen and oxygen atoms in total. The third-order valence-electron chi connectivity index (χ3n) is 3.68. The molecule has 100 valence electrons. The highest BCUT2D eigenvalue weighted by molar-refractivity contribution is 5.73. The van der Waals surface area contributed by atoms with Gasteiger partial charge in [-0.25, -0.2) is 0 Å². The highest BCUT2D eigenvalue weighted by atomic mass is 16.3. The summed E-state index contributed by atoms with van der Waals surface area (Å²) in [5, 5.41) is 10.4. The molecule has 1 N–H and O–H groups in total. The Labute approximate surface area is 115 Å². The number of phenols is 1. The van der Waals surface area contributed by atoms with Crippen LogP contribution in [0.5, 0.6) is 5.75 Å². The largest absolute Gasteiger partial charge is 0.507 e. The molecule has 0 heterocycles. The lowest BCUT2D eigenvalue weighted by molar-refractivity contribution is 0.470. The van der Waals surface area contributed by atoms with Gasteiger partial charge < -0.3 is 5.11 Å². The maximum absolute atomic E-state index is 10.4. The Bertz CT molecular complexity index is 570. The molecule has 0 saturated carbocycles. The molecule has 2 aromatic carbocycles. The summed E-state index contributed by atoms with van der Waals surface area (Å²) in [6.07, 6.45) is 2.87. The first-order chi connectivity index (χ1) is 9.19. The van der Waals surface area contributed by atoms with Gasteiger partial charge in [-0.2, -0.15) is 0 Å². The van der Waals surface area contributed by atoms with Gasteiger partial charge in [0.1, 0.15) is 5.75 Å². The van der Waals surface area contributed by atoms with Crippen molar-refractivity contribution in [2.45, 2.75) is 40.0 Å². The molecule has 19 heavy (non-hydrogen) atoms. The van der Waals surface area contributed by atoms with E-state index in [2.05, 4.69) is 57.2 Å². The van der Waals surface area contributed by atoms with Crippen molar-refractivity contribution in [1.29, 1.82) is 0 Å². The summed E-state index contributed by atoms with van der Waals surface area (Å²) in [5.74, 6) is 0.438. The zero-order chi connectivity index (χ0) is 13.8. The molecule has 0 aliphatic rings. The quantitative estimate of drug-likeness (QED) is 0.835. The summed E-state index contributed by atoms with van der Waals surface area (Å²) in [5.41, 5.74) is 5.70. The first-order valence-electron chi connectivity index (χ1n) is 7.13. The zero-order valence-electron chi connectivity index (χ0n) is 12.0. The van der Waals surface area contributed by atoms with Crippen LogP contribution in [0.2, 0.25) is 0 Å². The molecule has 0 spiro atoms. The van der Waals surface area contributed by atoms with Crippen molar-refractivity contribution in [3.8, 4) is 16.9 Å². The normalized spacial score (nSPS) is 10.7. The second-order valence-corrected chi connectivity index (χ2v) is 4.91. The van der Waals surface area contributed by atoms with Crippen LogP contribution in [0.15, 0.2) is 36.4 Å². The summed E-state index contributed by atoms with van der Waals surface area (Å²) < 4.78 is 0. The van der Waals surface area contributed by atoms with Gasteiger partial charge in [0.15, 0.2) is 0 Å². The van der Waals surface area contributed by atoms with Crippen LogP contribution >= 0.6 is 0 Å². The van der Waals surface area contributed by atoms with Crippen molar-refractivity contribution >= 4 is 0 Å². The number of benzene rings is 2. The van der Waals surface area contributed by atoms with Crippen LogP contribution in [0, 0.1) is 0 Å². The molecule has 2 aromatic rings. The fourth-order valence-electron chi connectivity index (χ4n) is 2.41. The van der Waals surface area contributed by atoms with E-state index in [-0.39, 0.29) is 0 Å². The number of aromatic hydroxyl groups is 1. The van der Waals surface area contributed by atoms with Crippen LogP contribution in [0.3, 0.4) is 0 Å². The molecule has 2 rings (SSSR count). The number of hydrogen-bond acceptors (Lipinski definition) is 1. The third-order valence-corrected chi connectivity index (χ3v) is 3.68. The maximum Gasteiger partial charge on any atom is 0.126 e. The number of hydrogen-bond donors (Lipinski definition) is 1. The average molecular weight is 254 g/mol. The minimum atomic E-state index is 0.438. The molecule has 0 unspecified atom stereocenters. The molecular weight excluding hydrogens is 232 g/mol. The van der Waals surface area contributed by atoms with Gasteiger partial charge in [-0.1, -0.05) is 51.1 Å². The Morgan fingerprint density at radius 1 is 0.842 bits per heavy atom. The van der Waals surface area contributed by atoms with E-state index in [0.29, 0.717) is 5.75 Å². The molecular formula is C18H22O. The third kappa shape index (κ3) is 2.81. The Kier molecular flexibility index (Phi) is 4.26. The molecule has 0 atom stereocenters. The smallest absolute Gasteiger partial charge is 0.126 e. The van der Waals surface area contributed by atoms with E-state index in [4.69, 9.17) is 0 Å². The number of aryl methyl sites for hydroxylation is 3. The summed E-state index contributed by atoms with van der Waals surface area (Å²) in [6.45, 7) is 6.39. The Morgan fingerprint density at radius 2 is 1.58 bits per heavy atom. The standard InChI is InChI=1S/C18H22O/c1-4-13-8-7-9-16(10-13)17-12-14(5-2)11-15(6-3)18(17)19/h7-12,19H,4-6H2,1-3H3. The van der Waals surface area contributed by atoms with Crippen molar-refractivity contribution in [3.63, 3.8) is 0 Å². The van der Waals surface area contributed by atoms with Crippen molar-refractivity contribution in [1.82, 2.24) is 0 Å². The highest BCUT2D eigenvalue weighted by Crippen LogP contribution is 2.34. The monoisotopic (exact) mass is 254 g/mol. The van der Waals surface area contributed by atoms with Gasteiger partial charge in [0.25, 0.3) is 0 Å². The van der Waals surface area contributed by atoms with Gasteiger partial charge >= 0.3 is 0 Å². The van der Waals surface area contributed by atoms with Crippen LogP contribution in [-0.4, -0.2) is 5.11 Å². The highest BCUT2D eigenvalue weighted by Gasteiger charge is 2.10. The van der Waals surface area contributed by atoms with Gasteiger partial charge in [-0.3, -0.25) is 0 Å². The minimum Gasteiger partial charge on any atom is -0.507 e. The van der Waals surface area contributed by atoms with Gasteiger partial charge in [-0.05, 0) is 47.6 Å². The lowest BCUT2D eigenvalue weighted by Gasteiger charge is -2.12. The van der Waals surface area contributed by atoms with Crippen LogP contribution in [0.25, 0.3) is 11.1 Å². The second-order valence-electron chi connectivity index (χ2n) is 4.91. The van der Waals surface area contributed by atoms with Gasteiger partial charge in [0.2, 0.25) is 0 Å². The molecule has 0 amide bonds. The van der Waals surface area contributed by atoms with E-state index in [0.717, 1.165) is 36.0 Å². The predicted molar refractivity (Wildman–Crippen MR) is 81.7 cm³/mol. The van der Waals surface area contributed by atoms with Crippen LogP contribution < -0.4 is 0 Å². The molecule has 0 saturated heterocycles. The topological polar surface area (TPSA) is 20.2 Å². The van der Waals surface area contributed by atoms with E-state index < -0.39 is 0 Å². The van der Waals surface area contributed by atoms with E-state index in [1.807, 2.05) is 0 Å². The molecule has 0 aliphatic heterocycles. The van der Waals surface area contributed by atoms with Gasteiger partial charge in [0.05, 0.1) is 0 Å². The average Bonchev–Trinajstić information content (AvgIpc) is 2.47. The molecule has 0 radical (unpaired) electrons. The van der Waals surface area contributed by atoms with Crippen molar-refractivity contribution in [2.75, 3.05) is 0 Å². The van der Waals surface area contributed by atoms with Crippen LogP contribution in [-0.2, 0) is 19.3 Å². The lowest BCUT2D eigenvalue weighted by Crippen LogP contribution is -1.91.